The van der Waals surface area contributed by atoms with Crippen molar-refractivity contribution in [3.8, 4) is 5.75 Å². The molecule has 0 aliphatic heterocycles. The molecule has 0 saturated heterocycles. The largest absolute Gasteiger partial charge is 0.484 e. The smallest absolute Gasteiger partial charge is 0.264 e. The van der Waals surface area contributed by atoms with E-state index in [1.165, 1.54) is 16.9 Å². The van der Waals surface area contributed by atoms with Crippen LogP contribution >= 0.6 is 11.3 Å². The van der Waals surface area contributed by atoms with Gasteiger partial charge in [-0.15, -0.1) is 0 Å². The van der Waals surface area contributed by atoms with E-state index < -0.39 is 0 Å². The average molecular weight is 312 g/mol. The molecule has 0 radical (unpaired) electrons. The van der Waals surface area contributed by atoms with Crippen LogP contribution in [0.2, 0.25) is 0 Å². The van der Waals surface area contributed by atoms with Gasteiger partial charge in [-0.1, -0.05) is 35.6 Å². The molecule has 0 aliphatic carbocycles. The Bertz CT molecular complexity index is 812. The number of carbonyl (C=O) groups excluding carboxylic acids is 1. The number of aryl methyl sites for hydroxylation is 2. The molecule has 4 nitrogen and oxygen atoms in total. The second kappa shape index (κ2) is 6.15. The second-order valence-corrected chi connectivity index (χ2v) is 6.05. The number of para-hydroxylation sites is 1. The van der Waals surface area contributed by atoms with Crippen LogP contribution in [0.15, 0.2) is 42.5 Å². The Morgan fingerprint density at radius 3 is 2.73 bits per heavy atom. The van der Waals surface area contributed by atoms with Crippen molar-refractivity contribution < 1.29 is 9.53 Å². The number of anilines is 1. The predicted octanol–water partition coefficient (Wildman–Crippen LogP) is 3.93. The van der Waals surface area contributed by atoms with Crippen LogP contribution in [0, 0.1) is 13.8 Å². The number of fused-ring (bicyclic) bond motifs is 1. The monoisotopic (exact) mass is 312 g/mol. The lowest BCUT2D eigenvalue weighted by atomic mass is 10.1. The van der Waals surface area contributed by atoms with Gasteiger partial charge in [-0.25, -0.2) is 4.98 Å². The molecule has 0 atom stereocenters. The SMILES string of the molecule is Cc1ccc2sc(NC(=O)COc3ccccc3)nc2c1C. The summed E-state index contributed by atoms with van der Waals surface area (Å²) in [4.78, 5) is 16.4. The van der Waals surface area contributed by atoms with Crippen molar-refractivity contribution in [1.82, 2.24) is 4.98 Å². The number of amides is 1. The Morgan fingerprint density at radius 2 is 1.95 bits per heavy atom. The van der Waals surface area contributed by atoms with Crippen LogP contribution in [-0.2, 0) is 4.79 Å². The average Bonchev–Trinajstić information content (AvgIpc) is 2.93. The summed E-state index contributed by atoms with van der Waals surface area (Å²) in [7, 11) is 0. The van der Waals surface area contributed by atoms with Gasteiger partial charge in [0.25, 0.3) is 5.91 Å². The van der Waals surface area contributed by atoms with E-state index >= 15 is 0 Å². The van der Waals surface area contributed by atoms with E-state index in [0.717, 1.165) is 15.8 Å². The Balaban J connectivity index is 1.68. The van der Waals surface area contributed by atoms with Gasteiger partial charge in [0, 0.05) is 0 Å². The topological polar surface area (TPSA) is 51.2 Å². The summed E-state index contributed by atoms with van der Waals surface area (Å²) >= 11 is 1.47. The fraction of sp³-hybridized carbons (Fsp3) is 0.176. The highest BCUT2D eigenvalue weighted by molar-refractivity contribution is 7.22. The van der Waals surface area contributed by atoms with Crippen LogP contribution in [0.4, 0.5) is 5.13 Å². The third-order valence-electron chi connectivity index (χ3n) is 3.44. The fourth-order valence-corrected chi connectivity index (χ4v) is 3.04. The van der Waals surface area contributed by atoms with Gasteiger partial charge in [0.05, 0.1) is 10.2 Å². The molecule has 2 aromatic carbocycles. The van der Waals surface area contributed by atoms with Crippen LogP contribution in [-0.4, -0.2) is 17.5 Å². The number of thiazole rings is 1. The Hall–Kier alpha value is -2.40. The molecule has 1 N–H and O–H groups in total. The maximum Gasteiger partial charge on any atom is 0.264 e. The van der Waals surface area contributed by atoms with Crippen molar-refractivity contribution in [2.45, 2.75) is 13.8 Å². The molecule has 0 saturated carbocycles. The van der Waals surface area contributed by atoms with Gasteiger partial charge >= 0.3 is 0 Å². The molecule has 1 amide bonds. The Morgan fingerprint density at radius 1 is 1.18 bits per heavy atom. The lowest BCUT2D eigenvalue weighted by Crippen LogP contribution is -2.19. The van der Waals surface area contributed by atoms with E-state index in [1.54, 1.807) is 0 Å². The summed E-state index contributed by atoms with van der Waals surface area (Å²) in [6, 6.07) is 13.4. The van der Waals surface area contributed by atoms with Gasteiger partial charge < -0.3 is 4.74 Å². The minimum Gasteiger partial charge on any atom is -0.484 e. The van der Waals surface area contributed by atoms with Crippen molar-refractivity contribution in [3.05, 3.63) is 53.6 Å². The number of aromatic nitrogens is 1. The molecule has 0 spiro atoms. The highest BCUT2D eigenvalue weighted by atomic mass is 32.1. The van der Waals surface area contributed by atoms with Crippen molar-refractivity contribution in [1.29, 1.82) is 0 Å². The fourth-order valence-electron chi connectivity index (χ4n) is 2.10. The van der Waals surface area contributed by atoms with Gasteiger partial charge in [-0.3, -0.25) is 10.1 Å². The van der Waals surface area contributed by atoms with E-state index in [9.17, 15) is 4.79 Å². The number of benzene rings is 2. The first-order valence-corrected chi connectivity index (χ1v) is 7.79. The number of hydrogen-bond donors (Lipinski definition) is 1. The number of carbonyl (C=O) groups is 1. The molecule has 0 unspecified atom stereocenters. The number of hydrogen-bond acceptors (Lipinski definition) is 4. The normalized spacial score (nSPS) is 10.6. The van der Waals surface area contributed by atoms with Crippen molar-refractivity contribution in [2.75, 3.05) is 11.9 Å². The maximum absolute atomic E-state index is 11.9. The number of nitrogens with zero attached hydrogens (tertiary/aromatic N) is 1. The molecule has 1 aromatic heterocycles. The highest BCUT2D eigenvalue weighted by Crippen LogP contribution is 2.29. The second-order valence-electron chi connectivity index (χ2n) is 5.02. The minimum absolute atomic E-state index is 0.0298. The van der Waals surface area contributed by atoms with Gasteiger partial charge in [-0.2, -0.15) is 0 Å². The van der Waals surface area contributed by atoms with Crippen LogP contribution in [0.25, 0.3) is 10.2 Å². The molecular weight excluding hydrogens is 296 g/mol. The third kappa shape index (κ3) is 3.09. The van der Waals surface area contributed by atoms with E-state index in [4.69, 9.17) is 4.74 Å². The van der Waals surface area contributed by atoms with Crippen molar-refractivity contribution in [3.63, 3.8) is 0 Å². The molecule has 0 aliphatic rings. The van der Waals surface area contributed by atoms with Crippen LogP contribution in [0.1, 0.15) is 11.1 Å². The van der Waals surface area contributed by atoms with Gasteiger partial charge in [-0.05, 0) is 43.2 Å². The summed E-state index contributed by atoms with van der Waals surface area (Å²) in [5.41, 5.74) is 3.29. The van der Waals surface area contributed by atoms with Gasteiger partial charge in [0.2, 0.25) is 0 Å². The van der Waals surface area contributed by atoms with Gasteiger partial charge in [0.1, 0.15) is 5.75 Å². The summed E-state index contributed by atoms with van der Waals surface area (Å²) in [5, 5.41) is 3.39. The molecule has 5 heteroatoms. The van der Waals surface area contributed by atoms with E-state index in [0.29, 0.717) is 10.9 Å². The molecule has 1 heterocycles. The van der Waals surface area contributed by atoms with E-state index in [-0.39, 0.29) is 12.5 Å². The lowest BCUT2D eigenvalue weighted by Gasteiger charge is -2.05. The van der Waals surface area contributed by atoms with Crippen molar-refractivity contribution in [2.24, 2.45) is 0 Å². The molecule has 3 rings (SSSR count). The zero-order chi connectivity index (χ0) is 15.5. The molecule has 3 aromatic rings. The number of ether oxygens (including phenoxy) is 1. The van der Waals surface area contributed by atoms with Gasteiger partial charge in [0.15, 0.2) is 11.7 Å². The zero-order valence-corrected chi connectivity index (χ0v) is 13.2. The first-order valence-electron chi connectivity index (χ1n) is 6.98. The summed E-state index contributed by atoms with van der Waals surface area (Å²) < 4.78 is 6.49. The number of rotatable bonds is 4. The minimum atomic E-state index is -0.211. The zero-order valence-electron chi connectivity index (χ0n) is 12.4. The van der Waals surface area contributed by atoms with Crippen LogP contribution < -0.4 is 10.1 Å². The molecule has 0 bridgehead atoms. The lowest BCUT2D eigenvalue weighted by molar-refractivity contribution is -0.118. The quantitative estimate of drug-likeness (QED) is 0.794. The number of nitrogens with one attached hydrogen (secondary N) is 1. The highest BCUT2D eigenvalue weighted by Gasteiger charge is 2.10. The Kier molecular flexibility index (Phi) is 4.06. The maximum atomic E-state index is 11.9. The molecule has 112 valence electrons. The van der Waals surface area contributed by atoms with Crippen LogP contribution in [0.3, 0.4) is 0 Å². The van der Waals surface area contributed by atoms with E-state index in [1.807, 2.05) is 43.3 Å². The predicted molar refractivity (Wildman–Crippen MR) is 89.7 cm³/mol. The summed E-state index contributed by atoms with van der Waals surface area (Å²) in [5.74, 6) is 0.464. The molecule has 0 fully saturated rings. The molecular formula is C17H16N2O2S. The third-order valence-corrected chi connectivity index (χ3v) is 4.38. The summed E-state index contributed by atoms with van der Waals surface area (Å²) in [6.45, 7) is 4.07. The summed E-state index contributed by atoms with van der Waals surface area (Å²) in [6.07, 6.45) is 0. The van der Waals surface area contributed by atoms with Crippen molar-refractivity contribution >= 4 is 32.6 Å². The first kappa shape index (κ1) is 14.5. The van der Waals surface area contributed by atoms with Crippen LogP contribution in [0.5, 0.6) is 5.75 Å². The standard InChI is InChI=1S/C17H16N2O2S/c1-11-8-9-14-16(12(11)2)19-17(22-14)18-15(20)10-21-13-6-4-3-5-7-13/h3-9H,10H2,1-2H3,(H,18,19,20). The Labute approximate surface area is 132 Å². The van der Waals surface area contributed by atoms with E-state index in [2.05, 4.69) is 23.3 Å². The molecule has 22 heavy (non-hydrogen) atoms. The first-order chi connectivity index (χ1) is 10.6.